The number of carbonyl (C=O) groups excluding carboxylic acids is 1. The number of thioether (sulfide) groups is 2. The maximum Gasteiger partial charge on any atom is 0.408 e. The van der Waals surface area contributed by atoms with Gasteiger partial charge < -0.3 is 15.2 Å². The van der Waals surface area contributed by atoms with Crippen molar-refractivity contribution in [2.45, 2.75) is 52.2 Å². The summed E-state index contributed by atoms with van der Waals surface area (Å²) in [5.41, 5.74) is -0.626. The SMILES string of the molecule is CCSCCCSCCC(NC(=O)OC(C)(C)C)C(=O)O. The van der Waals surface area contributed by atoms with E-state index in [0.29, 0.717) is 12.2 Å². The third-order valence-corrected chi connectivity index (χ3v) is 4.41. The van der Waals surface area contributed by atoms with Crippen LogP contribution in [0.5, 0.6) is 0 Å². The van der Waals surface area contributed by atoms with E-state index in [4.69, 9.17) is 9.84 Å². The predicted octanol–water partition coefficient (Wildman–Crippen LogP) is 3.23. The fraction of sp³-hybridized carbons (Fsp3) is 0.857. The van der Waals surface area contributed by atoms with Crippen LogP contribution in [0.15, 0.2) is 0 Å². The molecule has 0 aliphatic rings. The largest absolute Gasteiger partial charge is 0.480 e. The average Bonchev–Trinajstić information content (AvgIpc) is 2.33. The van der Waals surface area contributed by atoms with Crippen molar-refractivity contribution in [2.75, 3.05) is 23.0 Å². The lowest BCUT2D eigenvalue weighted by molar-refractivity contribution is -0.139. The molecule has 0 bridgehead atoms. The Morgan fingerprint density at radius 2 is 1.81 bits per heavy atom. The number of amides is 1. The number of carboxylic acid groups (broad SMARTS) is 1. The zero-order chi connectivity index (χ0) is 16.3. The number of alkyl carbamates (subject to hydrolysis) is 1. The zero-order valence-corrected chi connectivity index (χ0v) is 14.9. The van der Waals surface area contributed by atoms with Crippen molar-refractivity contribution in [3.8, 4) is 0 Å². The zero-order valence-electron chi connectivity index (χ0n) is 13.3. The maximum atomic E-state index is 11.6. The van der Waals surface area contributed by atoms with Crippen LogP contribution in [0.1, 0.15) is 40.5 Å². The summed E-state index contributed by atoms with van der Waals surface area (Å²) in [4.78, 5) is 22.7. The van der Waals surface area contributed by atoms with Crippen LogP contribution in [0, 0.1) is 0 Å². The molecule has 0 aromatic rings. The van der Waals surface area contributed by atoms with E-state index < -0.39 is 23.7 Å². The molecule has 0 rings (SSSR count). The lowest BCUT2D eigenvalue weighted by Gasteiger charge is -2.21. The van der Waals surface area contributed by atoms with E-state index in [1.165, 1.54) is 0 Å². The Morgan fingerprint density at radius 3 is 2.33 bits per heavy atom. The second-order valence-electron chi connectivity index (χ2n) is 5.49. The van der Waals surface area contributed by atoms with Crippen LogP contribution in [-0.4, -0.2) is 51.8 Å². The van der Waals surface area contributed by atoms with Crippen molar-refractivity contribution in [3.63, 3.8) is 0 Å². The molecule has 0 heterocycles. The molecule has 2 N–H and O–H groups in total. The van der Waals surface area contributed by atoms with Crippen LogP contribution in [0.4, 0.5) is 4.79 Å². The smallest absolute Gasteiger partial charge is 0.408 e. The van der Waals surface area contributed by atoms with Gasteiger partial charge in [-0.3, -0.25) is 0 Å². The Kier molecular flexibility index (Phi) is 10.8. The van der Waals surface area contributed by atoms with Gasteiger partial charge in [-0.25, -0.2) is 9.59 Å². The van der Waals surface area contributed by atoms with Gasteiger partial charge in [-0.15, -0.1) is 0 Å². The van der Waals surface area contributed by atoms with Crippen molar-refractivity contribution < 1.29 is 19.4 Å². The average molecular weight is 338 g/mol. The summed E-state index contributed by atoms with van der Waals surface area (Å²) in [6.07, 6.45) is 0.847. The highest BCUT2D eigenvalue weighted by atomic mass is 32.2. The number of carbonyl (C=O) groups is 2. The molecular formula is C14H27NO4S2. The van der Waals surface area contributed by atoms with E-state index >= 15 is 0 Å². The molecule has 0 saturated carbocycles. The van der Waals surface area contributed by atoms with Crippen molar-refractivity contribution in [1.82, 2.24) is 5.32 Å². The molecule has 0 aliphatic carbocycles. The number of hydrogen-bond acceptors (Lipinski definition) is 5. The van der Waals surface area contributed by atoms with E-state index in [1.807, 2.05) is 11.8 Å². The first-order valence-corrected chi connectivity index (χ1v) is 9.45. The highest BCUT2D eigenvalue weighted by molar-refractivity contribution is 8.00. The maximum absolute atomic E-state index is 11.6. The lowest BCUT2D eigenvalue weighted by atomic mass is 10.2. The highest BCUT2D eigenvalue weighted by Gasteiger charge is 2.23. The van der Waals surface area contributed by atoms with Crippen LogP contribution < -0.4 is 5.32 Å². The van der Waals surface area contributed by atoms with Gasteiger partial charge in [-0.05, 0) is 56.6 Å². The molecule has 0 spiro atoms. The second kappa shape index (κ2) is 11.1. The summed E-state index contributed by atoms with van der Waals surface area (Å²) >= 11 is 3.63. The molecule has 1 unspecified atom stereocenters. The van der Waals surface area contributed by atoms with E-state index in [-0.39, 0.29) is 0 Å². The van der Waals surface area contributed by atoms with Gasteiger partial charge in [0.05, 0.1) is 0 Å². The van der Waals surface area contributed by atoms with Crippen LogP contribution in [0.3, 0.4) is 0 Å². The van der Waals surface area contributed by atoms with Gasteiger partial charge in [0.1, 0.15) is 11.6 Å². The van der Waals surface area contributed by atoms with Crippen LogP contribution in [0.2, 0.25) is 0 Å². The Balaban J connectivity index is 3.93. The molecule has 0 saturated heterocycles. The molecule has 124 valence electrons. The summed E-state index contributed by atoms with van der Waals surface area (Å²) in [5, 5.41) is 11.5. The van der Waals surface area contributed by atoms with Crippen LogP contribution in [0.25, 0.3) is 0 Å². The molecular weight excluding hydrogens is 310 g/mol. The molecule has 1 atom stereocenters. The molecule has 0 radical (unpaired) electrons. The van der Waals surface area contributed by atoms with Gasteiger partial charge in [0.2, 0.25) is 0 Å². The van der Waals surface area contributed by atoms with Gasteiger partial charge >= 0.3 is 12.1 Å². The Bertz CT molecular complexity index is 319. The monoisotopic (exact) mass is 337 g/mol. The van der Waals surface area contributed by atoms with Gasteiger partial charge in [0, 0.05) is 0 Å². The quantitative estimate of drug-likeness (QED) is 0.596. The third-order valence-electron chi connectivity index (χ3n) is 2.32. The van der Waals surface area contributed by atoms with E-state index in [9.17, 15) is 9.59 Å². The normalized spacial score (nSPS) is 12.8. The van der Waals surface area contributed by atoms with E-state index in [1.54, 1.807) is 32.5 Å². The summed E-state index contributed by atoms with van der Waals surface area (Å²) in [6, 6.07) is -0.891. The first-order chi connectivity index (χ1) is 9.76. The fourth-order valence-corrected chi connectivity index (χ4v) is 3.19. The predicted molar refractivity (Wildman–Crippen MR) is 90.4 cm³/mol. The molecule has 0 aliphatic heterocycles. The summed E-state index contributed by atoms with van der Waals surface area (Å²) in [7, 11) is 0. The summed E-state index contributed by atoms with van der Waals surface area (Å²) in [5.74, 6) is 2.98. The number of carboxylic acids is 1. The number of ether oxygens (including phenoxy) is 1. The second-order valence-corrected chi connectivity index (χ2v) is 8.11. The molecule has 21 heavy (non-hydrogen) atoms. The van der Waals surface area contributed by atoms with Gasteiger partial charge in [-0.2, -0.15) is 23.5 Å². The molecule has 1 amide bonds. The molecule has 7 heteroatoms. The minimum absolute atomic E-state index is 0.403. The van der Waals surface area contributed by atoms with Crippen LogP contribution in [-0.2, 0) is 9.53 Å². The first kappa shape index (κ1) is 20.4. The number of hydrogen-bond donors (Lipinski definition) is 2. The van der Waals surface area contributed by atoms with Gasteiger partial charge in [0.15, 0.2) is 0 Å². The molecule has 0 aromatic heterocycles. The van der Waals surface area contributed by atoms with E-state index in [2.05, 4.69) is 12.2 Å². The Labute approximate surface area is 136 Å². The Morgan fingerprint density at radius 1 is 1.19 bits per heavy atom. The Hall–Kier alpha value is -0.560. The molecule has 0 fully saturated rings. The molecule has 0 aromatic carbocycles. The summed E-state index contributed by atoms with van der Waals surface area (Å²) < 4.78 is 5.07. The van der Waals surface area contributed by atoms with Crippen molar-refractivity contribution in [3.05, 3.63) is 0 Å². The fourth-order valence-electron chi connectivity index (χ4n) is 1.42. The van der Waals surface area contributed by atoms with E-state index in [0.717, 1.165) is 23.7 Å². The third kappa shape index (κ3) is 12.9. The molecule has 5 nitrogen and oxygen atoms in total. The van der Waals surface area contributed by atoms with Crippen molar-refractivity contribution in [1.29, 1.82) is 0 Å². The first-order valence-electron chi connectivity index (χ1n) is 7.14. The number of rotatable bonds is 10. The lowest BCUT2D eigenvalue weighted by Crippen LogP contribution is -2.43. The number of nitrogens with one attached hydrogen (secondary N) is 1. The minimum atomic E-state index is -1.03. The topological polar surface area (TPSA) is 75.6 Å². The van der Waals surface area contributed by atoms with Crippen molar-refractivity contribution in [2.24, 2.45) is 0 Å². The van der Waals surface area contributed by atoms with Crippen molar-refractivity contribution >= 4 is 35.6 Å². The van der Waals surface area contributed by atoms with Crippen LogP contribution >= 0.6 is 23.5 Å². The minimum Gasteiger partial charge on any atom is -0.480 e. The standard InChI is InChI=1S/C14H27NO4S2/c1-5-20-8-6-9-21-10-7-11(12(16)17)15-13(18)19-14(2,3)4/h11H,5-10H2,1-4H3,(H,15,18)(H,16,17). The van der Waals surface area contributed by atoms with Gasteiger partial charge in [0.25, 0.3) is 0 Å². The summed E-state index contributed by atoms with van der Waals surface area (Å²) in [6.45, 7) is 7.36. The number of aliphatic carboxylic acids is 1. The van der Waals surface area contributed by atoms with Gasteiger partial charge in [-0.1, -0.05) is 6.92 Å². The highest BCUT2D eigenvalue weighted by Crippen LogP contribution is 2.11.